The lowest BCUT2D eigenvalue weighted by Gasteiger charge is -2.26. The SMILES string of the molecule is COc1ccc([C@@H](C)NC(=O)c2ccc(C)c(S(=O)(=O)N3CCCCC3)c2)cc1OC. The van der Waals surface area contributed by atoms with Gasteiger partial charge in [0, 0.05) is 18.7 Å². The molecule has 0 aromatic heterocycles. The van der Waals surface area contributed by atoms with Crippen molar-refractivity contribution >= 4 is 15.9 Å². The van der Waals surface area contributed by atoms with Gasteiger partial charge in [0.15, 0.2) is 11.5 Å². The zero-order chi connectivity index (χ0) is 22.6. The molecular weight excluding hydrogens is 416 g/mol. The molecule has 2 aromatic carbocycles. The zero-order valence-corrected chi connectivity index (χ0v) is 19.3. The summed E-state index contributed by atoms with van der Waals surface area (Å²) in [5.74, 6) is 0.847. The smallest absolute Gasteiger partial charge is 0.251 e. The fraction of sp³-hybridized carbons (Fsp3) is 0.435. The number of sulfonamides is 1. The maximum atomic E-state index is 13.1. The van der Waals surface area contributed by atoms with Gasteiger partial charge in [-0.3, -0.25) is 4.79 Å². The number of hydrogen-bond acceptors (Lipinski definition) is 5. The summed E-state index contributed by atoms with van der Waals surface area (Å²) in [5.41, 5.74) is 1.79. The molecule has 2 aromatic rings. The second-order valence-corrected chi connectivity index (χ2v) is 9.66. The highest BCUT2D eigenvalue weighted by molar-refractivity contribution is 7.89. The Morgan fingerprint density at radius 3 is 2.32 bits per heavy atom. The first-order valence-electron chi connectivity index (χ1n) is 10.4. The third kappa shape index (κ3) is 5.02. The molecular formula is C23H30N2O5S. The van der Waals surface area contributed by atoms with Gasteiger partial charge in [0.2, 0.25) is 10.0 Å². The van der Waals surface area contributed by atoms with Gasteiger partial charge in [0.05, 0.1) is 25.2 Å². The number of amides is 1. The molecule has 8 heteroatoms. The molecule has 1 N–H and O–H groups in total. The first kappa shape index (κ1) is 23.1. The molecule has 0 bridgehead atoms. The van der Waals surface area contributed by atoms with Crippen LogP contribution in [0.2, 0.25) is 0 Å². The van der Waals surface area contributed by atoms with E-state index in [9.17, 15) is 13.2 Å². The highest BCUT2D eigenvalue weighted by Gasteiger charge is 2.28. The van der Waals surface area contributed by atoms with Crippen molar-refractivity contribution in [3.63, 3.8) is 0 Å². The molecule has 0 spiro atoms. The fourth-order valence-electron chi connectivity index (χ4n) is 3.75. The van der Waals surface area contributed by atoms with E-state index in [0.717, 1.165) is 24.8 Å². The molecule has 1 saturated heterocycles. The van der Waals surface area contributed by atoms with Crippen LogP contribution in [0, 0.1) is 6.92 Å². The van der Waals surface area contributed by atoms with Crippen LogP contribution < -0.4 is 14.8 Å². The Labute approximate surface area is 184 Å². The average molecular weight is 447 g/mol. The van der Waals surface area contributed by atoms with E-state index in [0.29, 0.717) is 35.7 Å². The molecule has 1 fully saturated rings. The van der Waals surface area contributed by atoms with Crippen LogP contribution in [0.25, 0.3) is 0 Å². The highest BCUT2D eigenvalue weighted by atomic mass is 32.2. The quantitative estimate of drug-likeness (QED) is 0.701. The summed E-state index contributed by atoms with van der Waals surface area (Å²) in [6.45, 7) is 4.66. The zero-order valence-electron chi connectivity index (χ0n) is 18.5. The number of carbonyl (C=O) groups excluding carboxylic acids is 1. The van der Waals surface area contributed by atoms with Crippen LogP contribution in [0.5, 0.6) is 11.5 Å². The molecule has 7 nitrogen and oxygen atoms in total. The van der Waals surface area contributed by atoms with Crippen LogP contribution in [-0.2, 0) is 10.0 Å². The van der Waals surface area contributed by atoms with Gasteiger partial charge < -0.3 is 14.8 Å². The Kier molecular flexibility index (Phi) is 7.23. The predicted octanol–water partition coefficient (Wildman–Crippen LogP) is 3.68. The molecule has 1 amide bonds. The first-order valence-corrected chi connectivity index (χ1v) is 11.9. The number of rotatable bonds is 7. The van der Waals surface area contributed by atoms with Gasteiger partial charge in [0.1, 0.15) is 0 Å². The van der Waals surface area contributed by atoms with E-state index in [1.807, 2.05) is 19.1 Å². The van der Waals surface area contributed by atoms with Crippen molar-refractivity contribution in [3.8, 4) is 11.5 Å². The summed E-state index contributed by atoms with van der Waals surface area (Å²) in [4.78, 5) is 13.1. The lowest BCUT2D eigenvalue weighted by atomic mass is 10.1. The van der Waals surface area contributed by atoms with Crippen molar-refractivity contribution in [2.75, 3.05) is 27.3 Å². The summed E-state index contributed by atoms with van der Waals surface area (Å²) in [5, 5.41) is 2.94. The van der Waals surface area contributed by atoms with Gasteiger partial charge in [-0.1, -0.05) is 18.6 Å². The van der Waals surface area contributed by atoms with Crippen LogP contribution in [0.3, 0.4) is 0 Å². The number of ether oxygens (including phenoxy) is 2. The third-order valence-corrected chi connectivity index (χ3v) is 7.68. The van der Waals surface area contributed by atoms with Crippen molar-refractivity contribution in [1.82, 2.24) is 9.62 Å². The maximum absolute atomic E-state index is 13.1. The maximum Gasteiger partial charge on any atom is 0.251 e. The molecule has 31 heavy (non-hydrogen) atoms. The van der Waals surface area contributed by atoms with Crippen LogP contribution in [-0.4, -0.2) is 45.9 Å². The minimum atomic E-state index is -3.62. The van der Waals surface area contributed by atoms with Gasteiger partial charge in [-0.15, -0.1) is 0 Å². The molecule has 1 aliphatic heterocycles. The number of aryl methyl sites for hydroxylation is 1. The number of piperidine rings is 1. The van der Waals surface area contributed by atoms with Crippen LogP contribution >= 0.6 is 0 Å². The number of benzene rings is 2. The first-order chi connectivity index (χ1) is 14.8. The number of hydrogen-bond donors (Lipinski definition) is 1. The number of carbonyl (C=O) groups is 1. The second kappa shape index (κ2) is 9.70. The second-order valence-electron chi connectivity index (χ2n) is 7.75. The minimum Gasteiger partial charge on any atom is -0.493 e. The predicted molar refractivity (Wildman–Crippen MR) is 119 cm³/mol. The lowest BCUT2D eigenvalue weighted by molar-refractivity contribution is 0.0939. The van der Waals surface area contributed by atoms with Crippen molar-refractivity contribution in [2.24, 2.45) is 0 Å². The topological polar surface area (TPSA) is 84.9 Å². The van der Waals surface area contributed by atoms with E-state index in [2.05, 4.69) is 5.32 Å². The Balaban J connectivity index is 1.82. The van der Waals surface area contributed by atoms with Gasteiger partial charge in [0.25, 0.3) is 5.91 Å². The molecule has 0 radical (unpaired) electrons. The van der Waals surface area contributed by atoms with E-state index < -0.39 is 10.0 Å². The lowest BCUT2D eigenvalue weighted by Crippen LogP contribution is -2.36. The molecule has 3 rings (SSSR count). The molecule has 0 saturated carbocycles. The van der Waals surface area contributed by atoms with E-state index in [1.165, 1.54) is 10.4 Å². The number of nitrogens with zero attached hydrogens (tertiary/aromatic N) is 1. The van der Waals surface area contributed by atoms with Crippen LogP contribution in [0.15, 0.2) is 41.3 Å². The normalized spacial score (nSPS) is 15.9. The van der Waals surface area contributed by atoms with Crippen molar-refractivity contribution in [3.05, 3.63) is 53.1 Å². The number of nitrogens with one attached hydrogen (secondary N) is 1. The van der Waals surface area contributed by atoms with Crippen LogP contribution in [0.4, 0.5) is 0 Å². The Hall–Kier alpha value is -2.58. The minimum absolute atomic E-state index is 0.195. The van der Waals surface area contributed by atoms with E-state index in [1.54, 1.807) is 39.3 Å². The largest absolute Gasteiger partial charge is 0.493 e. The van der Waals surface area contributed by atoms with Gasteiger partial charge in [-0.05, 0) is 62.1 Å². The molecule has 1 heterocycles. The standard InChI is InChI=1S/C23H30N2O5S/c1-16-8-9-19(15-22(16)31(27,28)25-12-6-5-7-13-25)23(26)24-17(2)18-10-11-20(29-3)21(14-18)30-4/h8-11,14-15,17H,5-7,12-13H2,1-4H3,(H,24,26)/t17-/m1/s1. The fourth-order valence-corrected chi connectivity index (χ4v) is 5.52. The summed E-state index contributed by atoms with van der Waals surface area (Å²) in [6.07, 6.45) is 2.77. The van der Waals surface area contributed by atoms with Gasteiger partial charge in [-0.2, -0.15) is 4.31 Å². The Bertz CT molecular complexity index is 1050. The molecule has 0 unspecified atom stereocenters. The monoisotopic (exact) mass is 446 g/mol. The van der Waals surface area contributed by atoms with E-state index >= 15 is 0 Å². The summed E-state index contributed by atoms with van der Waals surface area (Å²) in [7, 11) is -0.501. The van der Waals surface area contributed by atoms with E-state index in [-0.39, 0.29) is 16.8 Å². The van der Waals surface area contributed by atoms with Crippen molar-refractivity contribution < 1.29 is 22.7 Å². The third-order valence-electron chi connectivity index (χ3n) is 5.64. The molecule has 0 aliphatic carbocycles. The van der Waals surface area contributed by atoms with E-state index in [4.69, 9.17) is 9.47 Å². The van der Waals surface area contributed by atoms with Crippen LogP contribution in [0.1, 0.15) is 53.7 Å². The molecule has 168 valence electrons. The molecule has 1 atom stereocenters. The average Bonchev–Trinajstić information content (AvgIpc) is 2.79. The Morgan fingerprint density at radius 1 is 1.00 bits per heavy atom. The highest BCUT2D eigenvalue weighted by Crippen LogP contribution is 2.30. The van der Waals surface area contributed by atoms with Gasteiger partial charge >= 0.3 is 0 Å². The Morgan fingerprint density at radius 2 is 1.68 bits per heavy atom. The summed E-state index contributed by atoms with van der Waals surface area (Å²) in [6, 6.07) is 9.96. The summed E-state index contributed by atoms with van der Waals surface area (Å²) < 4.78 is 38.4. The summed E-state index contributed by atoms with van der Waals surface area (Å²) >= 11 is 0. The van der Waals surface area contributed by atoms with Gasteiger partial charge in [-0.25, -0.2) is 8.42 Å². The molecule has 1 aliphatic rings. The van der Waals surface area contributed by atoms with Crippen molar-refractivity contribution in [1.29, 1.82) is 0 Å². The number of methoxy groups -OCH3 is 2. The van der Waals surface area contributed by atoms with Crippen molar-refractivity contribution in [2.45, 2.75) is 44.0 Å².